The highest BCUT2D eigenvalue weighted by atomic mass is 19.4. The minimum absolute atomic E-state index is 0.0308. The number of aliphatic hydroxyl groups is 2. The van der Waals surface area contributed by atoms with Gasteiger partial charge in [0.25, 0.3) is 0 Å². The van der Waals surface area contributed by atoms with E-state index in [2.05, 4.69) is 4.98 Å². The fourth-order valence-electron chi connectivity index (χ4n) is 1.29. The number of halogens is 3. The third kappa shape index (κ3) is 3.67. The molecule has 8 heteroatoms. The first kappa shape index (κ1) is 14.4. The van der Waals surface area contributed by atoms with Crippen molar-refractivity contribution < 1.29 is 28.2 Å². The molecular formula is C10H11F3N2O3. The average molecular weight is 264 g/mol. The predicted octanol–water partition coefficient (Wildman–Crippen LogP) is 0.370. The van der Waals surface area contributed by atoms with Crippen LogP contribution in [0.25, 0.3) is 0 Å². The van der Waals surface area contributed by atoms with E-state index >= 15 is 0 Å². The van der Waals surface area contributed by atoms with E-state index in [1.807, 2.05) is 0 Å². The number of nitrogens with two attached hydrogens (primary N) is 1. The molecule has 0 aromatic carbocycles. The Morgan fingerprint density at radius 1 is 1.39 bits per heavy atom. The number of hydrogen-bond acceptors (Lipinski definition) is 4. The SMILES string of the molecule is NC(=O)CC(O)C(O)c1ccc(C(F)(F)F)nc1. The van der Waals surface area contributed by atoms with Crippen molar-refractivity contribution in [1.82, 2.24) is 4.98 Å². The third-order valence-electron chi connectivity index (χ3n) is 2.19. The molecule has 1 aromatic heterocycles. The number of rotatable bonds is 4. The third-order valence-corrected chi connectivity index (χ3v) is 2.19. The van der Waals surface area contributed by atoms with Crippen LogP contribution in [0.1, 0.15) is 23.8 Å². The number of hydrogen-bond donors (Lipinski definition) is 3. The molecule has 1 rings (SSSR count). The molecule has 2 unspecified atom stereocenters. The first-order chi connectivity index (χ1) is 8.21. The highest BCUT2D eigenvalue weighted by molar-refractivity contribution is 5.74. The lowest BCUT2D eigenvalue weighted by molar-refractivity contribution is -0.141. The zero-order chi connectivity index (χ0) is 13.9. The Morgan fingerprint density at radius 3 is 2.39 bits per heavy atom. The van der Waals surface area contributed by atoms with Gasteiger partial charge in [0.05, 0.1) is 12.5 Å². The number of aliphatic hydroxyl groups excluding tert-OH is 2. The van der Waals surface area contributed by atoms with Crippen LogP contribution in [0.15, 0.2) is 18.3 Å². The molecule has 4 N–H and O–H groups in total. The maximum absolute atomic E-state index is 12.2. The molecule has 2 atom stereocenters. The summed E-state index contributed by atoms with van der Waals surface area (Å²) in [5, 5.41) is 18.9. The lowest BCUT2D eigenvalue weighted by Gasteiger charge is -2.16. The van der Waals surface area contributed by atoms with Gasteiger partial charge in [-0.05, 0) is 6.07 Å². The van der Waals surface area contributed by atoms with Crippen LogP contribution in [-0.2, 0) is 11.0 Å². The first-order valence-corrected chi connectivity index (χ1v) is 4.89. The second-order valence-electron chi connectivity index (χ2n) is 3.66. The van der Waals surface area contributed by atoms with E-state index in [1.54, 1.807) is 0 Å². The number of amides is 1. The fraction of sp³-hybridized carbons (Fsp3) is 0.400. The van der Waals surface area contributed by atoms with Gasteiger partial charge in [-0.2, -0.15) is 13.2 Å². The monoisotopic (exact) mass is 264 g/mol. The summed E-state index contributed by atoms with van der Waals surface area (Å²) in [4.78, 5) is 13.6. The van der Waals surface area contributed by atoms with Crippen molar-refractivity contribution in [3.8, 4) is 0 Å². The van der Waals surface area contributed by atoms with E-state index in [0.29, 0.717) is 6.07 Å². The second kappa shape index (κ2) is 5.32. The highest BCUT2D eigenvalue weighted by Crippen LogP contribution is 2.28. The Morgan fingerprint density at radius 2 is 2.00 bits per heavy atom. The van der Waals surface area contributed by atoms with Crippen molar-refractivity contribution >= 4 is 5.91 Å². The average Bonchev–Trinajstić information content (AvgIpc) is 2.26. The van der Waals surface area contributed by atoms with Crippen molar-refractivity contribution in [2.24, 2.45) is 5.73 Å². The van der Waals surface area contributed by atoms with Crippen LogP contribution in [0.4, 0.5) is 13.2 Å². The molecular weight excluding hydrogens is 253 g/mol. The van der Waals surface area contributed by atoms with Crippen LogP contribution < -0.4 is 5.73 Å². The fourth-order valence-corrected chi connectivity index (χ4v) is 1.29. The Balaban J connectivity index is 2.82. The normalized spacial score (nSPS) is 15.2. The molecule has 0 spiro atoms. The topological polar surface area (TPSA) is 96.4 Å². The van der Waals surface area contributed by atoms with Gasteiger partial charge in [0.2, 0.25) is 5.91 Å². The Bertz CT molecular complexity index is 419. The van der Waals surface area contributed by atoms with Gasteiger partial charge in [-0.1, -0.05) is 6.07 Å². The molecule has 0 aliphatic heterocycles. The summed E-state index contributed by atoms with van der Waals surface area (Å²) in [7, 11) is 0. The number of primary amides is 1. The van der Waals surface area contributed by atoms with Crippen LogP contribution in [0.5, 0.6) is 0 Å². The van der Waals surface area contributed by atoms with Crippen LogP contribution in [0.3, 0.4) is 0 Å². The van der Waals surface area contributed by atoms with Gasteiger partial charge in [-0.3, -0.25) is 9.78 Å². The van der Waals surface area contributed by atoms with Crippen molar-refractivity contribution in [2.45, 2.75) is 24.8 Å². The van der Waals surface area contributed by atoms with E-state index in [0.717, 1.165) is 12.3 Å². The maximum Gasteiger partial charge on any atom is 0.433 e. The smallest absolute Gasteiger partial charge is 0.390 e. The predicted molar refractivity (Wildman–Crippen MR) is 54.0 cm³/mol. The molecule has 1 heterocycles. The standard InChI is InChI=1S/C10H11F3N2O3/c11-10(12,13)7-2-1-5(4-15-7)9(18)6(16)3-8(14)17/h1-2,4,6,9,16,18H,3H2,(H2,14,17). The molecule has 1 aromatic rings. The molecule has 0 saturated carbocycles. The van der Waals surface area contributed by atoms with E-state index in [4.69, 9.17) is 5.73 Å². The summed E-state index contributed by atoms with van der Waals surface area (Å²) in [6.07, 6.45) is -7.29. The lowest BCUT2D eigenvalue weighted by atomic mass is 10.0. The summed E-state index contributed by atoms with van der Waals surface area (Å²) in [6.45, 7) is 0. The Labute approximate surface area is 100 Å². The maximum atomic E-state index is 12.2. The molecule has 0 fully saturated rings. The minimum atomic E-state index is -4.57. The minimum Gasteiger partial charge on any atom is -0.390 e. The highest BCUT2D eigenvalue weighted by Gasteiger charge is 2.32. The van der Waals surface area contributed by atoms with Gasteiger partial charge >= 0.3 is 6.18 Å². The van der Waals surface area contributed by atoms with Crippen LogP contribution in [0, 0.1) is 0 Å². The van der Waals surface area contributed by atoms with E-state index in [9.17, 15) is 28.2 Å². The number of nitrogens with zero attached hydrogens (tertiary/aromatic N) is 1. The molecule has 0 aliphatic carbocycles. The molecule has 1 amide bonds. The van der Waals surface area contributed by atoms with Gasteiger partial charge in [0, 0.05) is 11.8 Å². The van der Waals surface area contributed by atoms with Gasteiger partial charge in [-0.15, -0.1) is 0 Å². The summed E-state index contributed by atoms with van der Waals surface area (Å²) < 4.78 is 36.6. The zero-order valence-corrected chi connectivity index (χ0v) is 9.05. The summed E-state index contributed by atoms with van der Waals surface area (Å²) in [5.74, 6) is -0.832. The van der Waals surface area contributed by atoms with Gasteiger partial charge in [-0.25, -0.2) is 0 Å². The van der Waals surface area contributed by atoms with Gasteiger partial charge < -0.3 is 15.9 Å². The first-order valence-electron chi connectivity index (χ1n) is 4.89. The summed E-state index contributed by atoms with van der Waals surface area (Å²) in [6, 6.07) is 1.65. The Kier molecular flexibility index (Phi) is 4.25. The molecule has 0 aliphatic rings. The van der Waals surface area contributed by atoms with E-state index < -0.39 is 36.4 Å². The van der Waals surface area contributed by atoms with Crippen LogP contribution >= 0.6 is 0 Å². The zero-order valence-electron chi connectivity index (χ0n) is 9.05. The van der Waals surface area contributed by atoms with Crippen molar-refractivity contribution in [3.63, 3.8) is 0 Å². The number of aromatic nitrogens is 1. The number of pyridine rings is 1. The molecule has 5 nitrogen and oxygen atoms in total. The Hall–Kier alpha value is -1.67. The lowest BCUT2D eigenvalue weighted by Crippen LogP contribution is -2.25. The largest absolute Gasteiger partial charge is 0.433 e. The van der Waals surface area contributed by atoms with Gasteiger partial charge in [0.1, 0.15) is 11.8 Å². The van der Waals surface area contributed by atoms with Crippen LogP contribution in [0.2, 0.25) is 0 Å². The van der Waals surface area contributed by atoms with Crippen LogP contribution in [-0.4, -0.2) is 27.2 Å². The molecule has 0 radical (unpaired) electrons. The van der Waals surface area contributed by atoms with E-state index in [-0.39, 0.29) is 5.56 Å². The molecule has 0 saturated heterocycles. The number of carbonyl (C=O) groups is 1. The number of alkyl halides is 3. The molecule has 100 valence electrons. The second-order valence-corrected chi connectivity index (χ2v) is 3.66. The van der Waals surface area contributed by atoms with Crippen molar-refractivity contribution in [3.05, 3.63) is 29.6 Å². The van der Waals surface area contributed by atoms with Gasteiger partial charge in [0.15, 0.2) is 0 Å². The summed E-state index contributed by atoms with van der Waals surface area (Å²) in [5.41, 5.74) is 3.68. The quantitative estimate of drug-likeness (QED) is 0.732. The molecule has 18 heavy (non-hydrogen) atoms. The summed E-state index contributed by atoms with van der Waals surface area (Å²) >= 11 is 0. The van der Waals surface area contributed by atoms with Crippen molar-refractivity contribution in [1.29, 1.82) is 0 Å². The number of carbonyl (C=O) groups excluding carboxylic acids is 1. The van der Waals surface area contributed by atoms with Crippen molar-refractivity contribution in [2.75, 3.05) is 0 Å². The molecule has 0 bridgehead atoms. The van der Waals surface area contributed by atoms with E-state index in [1.165, 1.54) is 0 Å².